The number of nitro groups is 1. The lowest BCUT2D eigenvalue weighted by molar-refractivity contribution is -0.385. The van der Waals surface area contributed by atoms with E-state index >= 15 is 0 Å². The Morgan fingerprint density at radius 2 is 1.69 bits per heavy atom. The smallest absolute Gasteiger partial charge is 0.345 e. The molecule has 1 saturated heterocycles. The van der Waals surface area contributed by atoms with Gasteiger partial charge >= 0.3 is 5.97 Å². The normalized spacial score (nSPS) is 15.5. The number of esters is 1. The average molecular weight is 462 g/mol. The summed E-state index contributed by atoms with van der Waals surface area (Å²) in [6, 6.07) is 7.51. The molecule has 0 N–H and O–H groups in total. The van der Waals surface area contributed by atoms with Crippen LogP contribution in [0.2, 0.25) is 0 Å². The molecule has 4 rings (SSSR count). The first-order valence-electron chi connectivity index (χ1n) is 9.66. The highest BCUT2D eigenvalue weighted by atomic mass is 32.2. The molecule has 0 atom stereocenters. The summed E-state index contributed by atoms with van der Waals surface area (Å²) in [5.41, 5.74) is -0.777. The lowest BCUT2D eigenvalue weighted by Gasteiger charge is -2.15. The molecule has 2 heterocycles. The van der Waals surface area contributed by atoms with Crippen molar-refractivity contribution in [2.75, 3.05) is 26.5 Å². The van der Waals surface area contributed by atoms with Gasteiger partial charge in [-0.1, -0.05) is 0 Å². The van der Waals surface area contributed by atoms with Gasteiger partial charge in [0.1, 0.15) is 5.56 Å². The number of benzene rings is 2. The molecule has 0 aliphatic carbocycles. The molecular weight excluding hydrogens is 444 g/mol. The maximum atomic E-state index is 12.6. The number of fused-ring (bicyclic) bond motifs is 1. The quantitative estimate of drug-likeness (QED) is 0.262. The fraction of sp³-hybridized carbons (Fsp3) is 0.300. The largest absolute Gasteiger partial charge is 0.454 e. The number of nitro benzene ring substituents is 1. The molecule has 0 radical (unpaired) electrons. The number of nitrogens with zero attached hydrogens (tertiary/aromatic N) is 2. The Morgan fingerprint density at radius 3 is 2.31 bits per heavy atom. The van der Waals surface area contributed by atoms with Crippen molar-refractivity contribution in [1.29, 1.82) is 0 Å². The van der Waals surface area contributed by atoms with Gasteiger partial charge in [0.25, 0.3) is 5.69 Å². The molecule has 0 aromatic heterocycles. The molecule has 0 saturated carbocycles. The monoisotopic (exact) mass is 462 g/mol. The first kappa shape index (κ1) is 21.7. The topological polar surface area (TPSA) is 142 Å². The number of carbonyl (C=O) groups is 2. The number of carbonyl (C=O) groups excluding carboxylic acids is 2. The maximum absolute atomic E-state index is 12.6. The number of ether oxygens (including phenoxy) is 3. The number of hydrogen-bond donors (Lipinski definition) is 0. The first-order chi connectivity index (χ1) is 15.3. The number of ketones is 1. The van der Waals surface area contributed by atoms with E-state index in [1.807, 2.05) is 0 Å². The van der Waals surface area contributed by atoms with E-state index in [0.29, 0.717) is 13.1 Å². The molecule has 12 heteroatoms. The number of hydrogen-bond acceptors (Lipinski definition) is 9. The molecule has 2 aromatic carbocycles. The Bertz CT molecular complexity index is 1190. The van der Waals surface area contributed by atoms with Gasteiger partial charge in [0.15, 0.2) is 23.9 Å². The van der Waals surface area contributed by atoms with Crippen molar-refractivity contribution in [2.24, 2.45) is 0 Å². The van der Waals surface area contributed by atoms with Crippen molar-refractivity contribution in [3.05, 3.63) is 57.6 Å². The zero-order valence-corrected chi connectivity index (χ0v) is 17.5. The van der Waals surface area contributed by atoms with Gasteiger partial charge < -0.3 is 14.2 Å². The van der Waals surface area contributed by atoms with E-state index < -0.39 is 39.0 Å². The van der Waals surface area contributed by atoms with Crippen LogP contribution in [0, 0.1) is 10.1 Å². The van der Waals surface area contributed by atoms with Crippen LogP contribution < -0.4 is 9.47 Å². The van der Waals surface area contributed by atoms with Crippen LogP contribution in [0.15, 0.2) is 41.3 Å². The Balaban J connectivity index is 1.44. The van der Waals surface area contributed by atoms with E-state index in [1.165, 1.54) is 28.6 Å². The van der Waals surface area contributed by atoms with E-state index in [-0.39, 0.29) is 34.3 Å². The van der Waals surface area contributed by atoms with Gasteiger partial charge in [-0.05, 0) is 37.1 Å². The fourth-order valence-electron chi connectivity index (χ4n) is 3.43. The van der Waals surface area contributed by atoms with Gasteiger partial charge in [-0.15, -0.1) is 0 Å². The third kappa shape index (κ3) is 4.14. The molecule has 2 aliphatic rings. The third-order valence-corrected chi connectivity index (χ3v) is 7.03. The summed E-state index contributed by atoms with van der Waals surface area (Å²) in [4.78, 5) is 35.4. The molecule has 2 aromatic rings. The average Bonchev–Trinajstić information content (AvgIpc) is 3.48. The van der Waals surface area contributed by atoms with Gasteiger partial charge in [0.2, 0.25) is 16.8 Å². The summed E-state index contributed by atoms with van der Waals surface area (Å²) in [5.74, 6) is -1.37. The second-order valence-electron chi connectivity index (χ2n) is 7.11. The lowest BCUT2D eigenvalue weighted by atomic mass is 10.1. The SMILES string of the molecule is O=C(COC(=O)c1cc2c(cc1[N+](=O)[O-])OCO2)c1ccc(S(=O)(=O)N2CCCC2)cc1. The van der Waals surface area contributed by atoms with Crippen molar-refractivity contribution in [3.8, 4) is 11.5 Å². The number of rotatable bonds is 7. The van der Waals surface area contributed by atoms with Crippen molar-refractivity contribution in [1.82, 2.24) is 4.31 Å². The van der Waals surface area contributed by atoms with Crippen LogP contribution in [0.25, 0.3) is 0 Å². The van der Waals surface area contributed by atoms with E-state index in [9.17, 15) is 28.1 Å². The standard InChI is InChI=1S/C20H18N2O9S/c23-17(13-3-5-14(6-4-13)32(27,28)21-7-1-2-8-21)11-29-20(24)15-9-18-19(31-12-30-18)10-16(15)22(25)26/h3-6,9-10H,1-2,7-8,11-12H2. The van der Waals surface area contributed by atoms with Crippen molar-refractivity contribution in [2.45, 2.75) is 17.7 Å². The van der Waals surface area contributed by atoms with Gasteiger partial charge in [0, 0.05) is 24.7 Å². The van der Waals surface area contributed by atoms with Crippen LogP contribution in [0.5, 0.6) is 11.5 Å². The molecule has 2 aliphatic heterocycles. The molecule has 0 spiro atoms. The summed E-state index contributed by atoms with van der Waals surface area (Å²) in [7, 11) is -3.61. The van der Waals surface area contributed by atoms with Crippen LogP contribution in [0.1, 0.15) is 33.6 Å². The molecule has 0 amide bonds. The van der Waals surface area contributed by atoms with Gasteiger partial charge in [0.05, 0.1) is 15.9 Å². The summed E-state index contributed by atoms with van der Waals surface area (Å²) in [5, 5.41) is 11.3. The minimum atomic E-state index is -3.61. The minimum absolute atomic E-state index is 0.0731. The van der Waals surface area contributed by atoms with E-state index in [0.717, 1.165) is 25.0 Å². The molecule has 0 bridgehead atoms. The van der Waals surface area contributed by atoms with Crippen LogP contribution >= 0.6 is 0 Å². The second kappa shape index (κ2) is 8.55. The Labute approximate surface area is 182 Å². The van der Waals surface area contributed by atoms with Crippen LogP contribution in [-0.2, 0) is 14.8 Å². The highest BCUT2D eigenvalue weighted by Crippen LogP contribution is 2.38. The van der Waals surface area contributed by atoms with Gasteiger partial charge in [-0.3, -0.25) is 14.9 Å². The molecule has 32 heavy (non-hydrogen) atoms. The van der Waals surface area contributed by atoms with Gasteiger partial charge in [-0.2, -0.15) is 4.31 Å². The summed E-state index contributed by atoms with van der Waals surface area (Å²) >= 11 is 0. The number of Topliss-reactive ketones (excluding diaryl/α,β-unsaturated/α-hetero) is 1. The first-order valence-corrected chi connectivity index (χ1v) is 11.1. The predicted molar refractivity (Wildman–Crippen MR) is 108 cm³/mol. The van der Waals surface area contributed by atoms with Gasteiger partial charge in [-0.25, -0.2) is 13.2 Å². The zero-order valence-electron chi connectivity index (χ0n) is 16.7. The molecule has 168 valence electrons. The van der Waals surface area contributed by atoms with Crippen molar-refractivity contribution >= 4 is 27.5 Å². The Morgan fingerprint density at radius 1 is 1.06 bits per heavy atom. The van der Waals surface area contributed by atoms with Crippen molar-refractivity contribution < 1.29 is 37.1 Å². The Kier molecular flexibility index (Phi) is 5.80. The Hall–Kier alpha value is -3.51. The van der Waals surface area contributed by atoms with E-state index in [4.69, 9.17) is 14.2 Å². The fourth-order valence-corrected chi connectivity index (χ4v) is 4.95. The highest BCUT2D eigenvalue weighted by molar-refractivity contribution is 7.89. The summed E-state index contributed by atoms with van der Waals surface area (Å²) in [6.07, 6.45) is 1.62. The zero-order chi connectivity index (χ0) is 22.9. The molecule has 1 fully saturated rings. The lowest BCUT2D eigenvalue weighted by Crippen LogP contribution is -2.27. The van der Waals surface area contributed by atoms with E-state index in [1.54, 1.807) is 0 Å². The highest BCUT2D eigenvalue weighted by Gasteiger charge is 2.29. The van der Waals surface area contributed by atoms with Crippen LogP contribution in [0.3, 0.4) is 0 Å². The van der Waals surface area contributed by atoms with Crippen LogP contribution in [-0.4, -0.2) is 55.9 Å². The molecule has 0 unspecified atom stereocenters. The molecule has 11 nitrogen and oxygen atoms in total. The predicted octanol–water partition coefficient (Wildman–Crippen LogP) is 2.15. The third-order valence-electron chi connectivity index (χ3n) is 5.12. The molecular formula is C20H18N2O9S. The van der Waals surface area contributed by atoms with Crippen molar-refractivity contribution in [3.63, 3.8) is 0 Å². The van der Waals surface area contributed by atoms with E-state index in [2.05, 4.69) is 0 Å². The summed E-state index contributed by atoms with van der Waals surface area (Å²) < 4.78 is 41.6. The summed E-state index contributed by atoms with van der Waals surface area (Å²) in [6.45, 7) is 0.117. The van der Waals surface area contributed by atoms with Crippen LogP contribution in [0.4, 0.5) is 5.69 Å². The second-order valence-corrected chi connectivity index (χ2v) is 9.05. The minimum Gasteiger partial charge on any atom is -0.454 e. The maximum Gasteiger partial charge on any atom is 0.345 e. The number of sulfonamides is 1.